The summed E-state index contributed by atoms with van der Waals surface area (Å²) in [6.07, 6.45) is 6.26. The summed E-state index contributed by atoms with van der Waals surface area (Å²) in [6, 6.07) is 20.6. The summed E-state index contributed by atoms with van der Waals surface area (Å²) in [4.78, 5) is 12.9. The first-order valence-electron chi connectivity index (χ1n) is 11.8. The summed E-state index contributed by atoms with van der Waals surface area (Å²) < 4.78 is 29.9. The van der Waals surface area contributed by atoms with E-state index in [1.165, 1.54) is 66.1 Å². The third-order valence-corrected chi connectivity index (χ3v) is 7.39. The number of ketones is 1. The van der Waals surface area contributed by atoms with Crippen molar-refractivity contribution < 1.29 is 13.6 Å². The van der Waals surface area contributed by atoms with Crippen molar-refractivity contribution in [3.8, 4) is 17.1 Å². The van der Waals surface area contributed by atoms with Gasteiger partial charge in [-0.3, -0.25) is 9.36 Å². The molecule has 4 aromatic rings. The zero-order chi connectivity index (χ0) is 24.2. The number of rotatable bonds is 7. The minimum absolute atomic E-state index is 0.0411. The summed E-state index contributed by atoms with van der Waals surface area (Å²) in [5.41, 5.74) is 2.80. The fourth-order valence-electron chi connectivity index (χ4n) is 4.61. The Bertz CT molecular complexity index is 1320. The Hall–Kier alpha value is -3.32. The van der Waals surface area contributed by atoms with Crippen molar-refractivity contribution in [1.82, 2.24) is 14.8 Å². The highest BCUT2D eigenvalue weighted by Crippen LogP contribution is 2.33. The van der Waals surface area contributed by atoms with Crippen LogP contribution < -0.4 is 0 Å². The molecule has 4 nitrogen and oxygen atoms in total. The van der Waals surface area contributed by atoms with Gasteiger partial charge in [0.15, 0.2) is 16.8 Å². The number of halogens is 2. The lowest BCUT2D eigenvalue weighted by Crippen LogP contribution is -2.07. The van der Waals surface area contributed by atoms with Crippen LogP contribution in [0.1, 0.15) is 53.9 Å². The molecule has 1 aliphatic carbocycles. The van der Waals surface area contributed by atoms with Gasteiger partial charge in [-0.05, 0) is 36.5 Å². The highest BCUT2D eigenvalue weighted by molar-refractivity contribution is 7.99. The smallest absolute Gasteiger partial charge is 0.196 e. The minimum atomic E-state index is -0.728. The van der Waals surface area contributed by atoms with Crippen molar-refractivity contribution in [2.24, 2.45) is 0 Å². The molecule has 0 N–H and O–H groups in total. The molecule has 35 heavy (non-hydrogen) atoms. The predicted octanol–water partition coefficient (Wildman–Crippen LogP) is 7.24. The van der Waals surface area contributed by atoms with Gasteiger partial charge in [0.1, 0.15) is 11.6 Å². The molecule has 0 spiro atoms. The Morgan fingerprint density at radius 2 is 1.66 bits per heavy atom. The molecule has 0 radical (unpaired) electrons. The standard InChI is InChI=1S/C28H25F2N3OS/c29-23-15-16-25(24(30)17-23)33-27(22-9-5-2-6-10-22)31-32-28(33)35-18-26(34)21-13-11-20(12-14-21)19-7-3-1-4-8-19/h2,5-6,9-17,19H,1,3-4,7-8,18H2. The van der Waals surface area contributed by atoms with E-state index in [1.54, 1.807) is 0 Å². The van der Waals surface area contributed by atoms with Crippen molar-refractivity contribution >= 4 is 17.5 Å². The zero-order valence-corrected chi connectivity index (χ0v) is 20.0. The minimum Gasteiger partial charge on any atom is -0.293 e. The van der Waals surface area contributed by atoms with Crippen molar-refractivity contribution in [1.29, 1.82) is 0 Å². The van der Waals surface area contributed by atoms with Gasteiger partial charge >= 0.3 is 0 Å². The molecule has 0 saturated heterocycles. The van der Waals surface area contributed by atoms with Crippen molar-refractivity contribution in [2.75, 3.05) is 5.75 Å². The molecule has 7 heteroatoms. The van der Waals surface area contributed by atoms with Gasteiger partial charge < -0.3 is 0 Å². The Morgan fingerprint density at radius 1 is 0.914 bits per heavy atom. The summed E-state index contributed by atoms with van der Waals surface area (Å²) in [5.74, 6) is -0.306. The van der Waals surface area contributed by atoms with Crippen LogP contribution in [0.25, 0.3) is 17.1 Å². The third kappa shape index (κ3) is 5.20. The molecule has 5 rings (SSSR count). The number of Topliss-reactive ketones (excluding diaryl/α,β-unsaturated/α-hetero) is 1. The van der Waals surface area contributed by atoms with Crippen LogP contribution in [-0.4, -0.2) is 26.3 Å². The van der Waals surface area contributed by atoms with E-state index in [0.29, 0.717) is 22.5 Å². The van der Waals surface area contributed by atoms with Crippen molar-refractivity contribution in [3.63, 3.8) is 0 Å². The molecule has 0 bridgehead atoms. The Morgan fingerprint density at radius 3 is 2.37 bits per heavy atom. The van der Waals surface area contributed by atoms with Crippen LogP contribution >= 0.6 is 11.8 Å². The lowest BCUT2D eigenvalue weighted by atomic mass is 9.84. The number of hydrogen-bond acceptors (Lipinski definition) is 4. The maximum atomic E-state index is 14.8. The molecule has 1 aliphatic rings. The van der Waals surface area contributed by atoms with Gasteiger partial charge in [0.25, 0.3) is 0 Å². The number of nitrogens with zero attached hydrogens (tertiary/aromatic N) is 3. The van der Waals surface area contributed by atoms with Crippen molar-refractivity contribution in [2.45, 2.75) is 43.2 Å². The summed E-state index contributed by atoms with van der Waals surface area (Å²) in [6.45, 7) is 0. The molecular formula is C28H25F2N3OS. The lowest BCUT2D eigenvalue weighted by molar-refractivity contribution is 0.102. The predicted molar refractivity (Wildman–Crippen MR) is 134 cm³/mol. The number of carbonyl (C=O) groups excluding carboxylic acids is 1. The maximum absolute atomic E-state index is 14.8. The number of thioether (sulfide) groups is 1. The summed E-state index contributed by atoms with van der Waals surface area (Å²) in [5, 5.41) is 8.86. The Labute approximate surface area is 207 Å². The molecule has 1 heterocycles. The Kier molecular flexibility index (Phi) is 7.04. The SMILES string of the molecule is O=C(CSc1nnc(-c2ccccc2)n1-c1ccc(F)cc1F)c1ccc(C2CCCCC2)cc1. The monoisotopic (exact) mass is 489 g/mol. The molecule has 178 valence electrons. The molecule has 0 aliphatic heterocycles. The van der Waals surface area contributed by atoms with Crippen LogP contribution in [0, 0.1) is 11.6 Å². The highest BCUT2D eigenvalue weighted by Gasteiger charge is 2.21. The number of carbonyl (C=O) groups is 1. The molecule has 0 atom stereocenters. The van der Waals surface area contributed by atoms with Crippen LogP contribution in [0.4, 0.5) is 8.78 Å². The third-order valence-electron chi connectivity index (χ3n) is 6.46. The first kappa shape index (κ1) is 23.4. The topological polar surface area (TPSA) is 47.8 Å². The van der Waals surface area contributed by atoms with E-state index in [1.807, 2.05) is 42.5 Å². The number of benzene rings is 3. The zero-order valence-electron chi connectivity index (χ0n) is 19.2. The average molecular weight is 490 g/mol. The largest absolute Gasteiger partial charge is 0.293 e. The van der Waals surface area contributed by atoms with E-state index in [9.17, 15) is 13.6 Å². The van der Waals surface area contributed by atoms with E-state index in [0.717, 1.165) is 11.6 Å². The van der Waals surface area contributed by atoms with E-state index in [2.05, 4.69) is 22.3 Å². The molecule has 0 amide bonds. The molecule has 1 aromatic heterocycles. The van der Waals surface area contributed by atoms with Gasteiger partial charge in [-0.2, -0.15) is 0 Å². The Balaban J connectivity index is 1.38. The molecular weight excluding hydrogens is 464 g/mol. The van der Waals surface area contributed by atoms with E-state index < -0.39 is 11.6 Å². The van der Waals surface area contributed by atoms with E-state index >= 15 is 0 Å². The van der Waals surface area contributed by atoms with E-state index in [4.69, 9.17) is 0 Å². The van der Waals surface area contributed by atoms with Crippen LogP contribution in [0.3, 0.4) is 0 Å². The molecule has 1 saturated carbocycles. The van der Waals surface area contributed by atoms with Gasteiger partial charge in [-0.15, -0.1) is 10.2 Å². The van der Waals surface area contributed by atoms with Gasteiger partial charge in [-0.25, -0.2) is 8.78 Å². The normalized spacial score (nSPS) is 14.2. The van der Waals surface area contributed by atoms with Crippen LogP contribution in [-0.2, 0) is 0 Å². The second-order valence-corrected chi connectivity index (χ2v) is 9.71. The highest BCUT2D eigenvalue weighted by atomic mass is 32.2. The number of aromatic nitrogens is 3. The first-order chi connectivity index (χ1) is 17.1. The summed E-state index contributed by atoms with van der Waals surface area (Å²) in [7, 11) is 0. The van der Waals surface area contributed by atoms with Gasteiger partial charge in [0.05, 0.1) is 11.4 Å². The second kappa shape index (κ2) is 10.5. The van der Waals surface area contributed by atoms with Gasteiger partial charge in [0.2, 0.25) is 0 Å². The molecule has 0 unspecified atom stereocenters. The van der Waals surface area contributed by atoms with Crippen LogP contribution in [0.2, 0.25) is 0 Å². The fourth-order valence-corrected chi connectivity index (χ4v) is 5.45. The average Bonchev–Trinajstić information content (AvgIpc) is 3.32. The lowest BCUT2D eigenvalue weighted by Gasteiger charge is -2.22. The number of hydrogen-bond donors (Lipinski definition) is 0. The first-order valence-corrected chi connectivity index (χ1v) is 12.8. The fraction of sp³-hybridized carbons (Fsp3) is 0.250. The molecule has 1 fully saturated rings. The van der Waals surface area contributed by atoms with Gasteiger partial charge in [0, 0.05) is 17.2 Å². The van der Waals surface area contributed by atoms with Gasteiger partial charge in [-0.1, -0.05) is 85.6 Å². The maximum Gasteiger partial charge on any atom is 0.196 e. The molecule has 3 aromatic carbocycles. The van der Waals surface area contributed by atoms with Crippen LogP contribution in [0.5, 0.6) is 0 Å². The summed E-state index contributed by atoms with van der Waals surface area (Å²) >= 11 is 1.18. The second-order valence-electron chi connectivity index (χ2n) is 8.77. The van der Waals surface area contributed by atoms with Crippen LogP contribution in [0.15, 0.2) is 78.0 Å². The quantitative estimate of drug-likeness (QED) is 0.203. The van der Waals surface area contributed by atoms with E-state index in [-0.39, 0.29) is 17.2 Å². The van der Waals surface area contributed by atoms with Crippen molar-refractivity contribution in [3.05, 3.63) is 95.6 Å².